The number of carbonyl (C=O) groups excluding carboxylic acids is 3. The molecule has 3 aliphatic rings. The maximum absolute atomic E-state index is 14.9. The maximum atomic E-state index is 14.9. The Bertz CT molecular complexity index is 2090. The number of piperidine rings is 1. The Morgan fingerprint density at radius 2 is 1.77 bits per heavy atom. The summed E-state index contributed by atoms with van der Waals surface area (Å²) in [5.41, 5.74) is 7.75. The number of Topliss-reactive ketones (excluding diaryl/α,β-unsaturated/α-hetero) is 1. The number of rotatable bonds is 11. The van der Waals surface area contributed by atoms with E-state index in [0.29, 0.717) is 87.0 Å². The summed E-state index contributed by atoms with van der Waals surface area (Å²) < 4.78 is 37.6. The number of nitrogens with two attached hydrogens (primary N) is 1. The minimum atomic E-state index is -1.71. The lowest BCUT2D eigenvalue weighted by molar-refractivity contribution is -0.0274. The van der Waals surface area contributed by atoms with Crippen LogP contribution in [0.3, 0.4) is 0 Å². The number of carbonyl (C=O) groups is 3. The third kappa shape index (κ3) is 8.60. The summed E-state index contributed by atoms with van der Waals surface area (Å²) in [6.07, 6.45) is 6.99. The van der Waals surface area contributed by atoms with Gasteiger partial charge in [0.2, 0.25) is 0 Å². The van der Waals surface area contributed by atoms with E-state index in [-0.39, 0.29) is 48.0 Å². The van der Waals surface area contributed by atoms with E-state index in [1.165, 1.54) is 23.4 Å². The number of nitrogens with one attached hydrogen (secondary N) is 2. The molecule has 298 valence electrons. The van der Waals surface area contributed by atoms with Crippen LogP contribution in [0.15, 0.2) is 49.1 Å². The molecule has 2 aromatic heterocycles. The van der Waals surface area contributed by atoms with Crippen LogP contribution in [-0.2, 0) is 23.3 Å². The van der Waals surface area contributed by atoms with Crippen LogP contribution in [0, 0.1) is 24.0 Å². The van der Waals surface area contributed by atoms with Crippen molar-refractivity contribution in [2.75, 3.05) is 25.0 Å². The zero-order valence-corrected chi connectivity index (χ0v) is 31.9. The first-order valence-corrected chi connectivity index (χ1v) is 19.2. The van der Waals surface area contributed by atoms with Crippen LogP contribution in [0.2, 0.25) is 0 Å². The Morgan fingerprint density at radius 3 is 2.45 bits per heavy atom. The summed E-state index contributed by atoms with van der Waals surface area (Å²) in [4.78, 5) is 44.3. The lowest BCUT2D eigenvalue weighted by atomic mass is 9.75. The number of nitrogens with zero attached hydrogens (tertiary/aromatic N) is 6. The summed E-state index contributed by atoms with van der Waals surface area (Å²) in [5.74, 6) is -2.04. The highest BCUT2D eigenvalue weighted by atomic mass is 19.1. The first-order chi connectivity index (χ1) is 26.7. The minimum Gasteiger partial charge on any atom is -0.446 e. The predicted octanol–water partition coefficient (Wildman–Crippen LogP) is 4.81. The molecule has 0 bridgehead atoms. The third-order valence-electron chi connectivity index (χ3n) is 11.3. The summed E-state index contributed by atoms with van der Waals surface area (Å²) >= 11 is 0. The fourth-order valence-electron chi connectivity index (χ4n) is 8.52. The number of aliphatic hydroxyl groups is 1. The highest BCUT2D eigenvalue weighted by Crippen LogP contribution is 2.38. The number of anilines is 1. The van der Waals surface area contributed by atoms with Crippen molar-refractivity contribution in [1.82, 2.24) is 34.8 Å². The molecule has 2 amide bonds. The van der Waals surface area contributed by atoms with Crippen LogP contribution in [0.1, 0.15) is 96.5 Å². The average Bonchev–Trinajstić information content (AvgIpc) is 3.76. The Hall–Kier alpha value is -5.22. The molecule has 2 aliphatic carbocycles. The smallest absolute Gasteiger partial charge is 0.407 e. The molecular weight excluding hydrogens is 724 g/mol. The molecule has 1 aliphatic heterocycles. The number of alkyl carbamates (subject to hydrolysis) is 1. The molecule has 56 heavy (non-hydrogen) atoms. The van der Waals surface area contributed by atoms with E-state index >= 15 is 0 Å². The van der Waals surface area contributed by atoms with E-state index in [1.807, 2.05) is 22.6 Å². The van der Waals surface area contributed by atoms with Crippen molar-refractivity contribution in [3.8, 4) is 5.69 Å². The number of halogens is 2. The Kier molecular flexibility index (Phi) is 11.0. The van der Waals surface area contributed by atoms with Crippen LogP contribution >= 0.6 is 0 Å². The van der Waals surface area contributed by atoms with Crippen LogP contribution in [0.5, 0.6) is 0 Å². The molecule has 14 nitrogen and oxygen atoms in total. The van der Waals surface area contributed by atoms with Crippen molar-refractivity contribution in [1.29, 1.82) is 0 Å². The van der Waals surface area contributed by atoms with Crippen molar-refractivity contribution < 1.29 is 33.0 Å². The molecule has 2 fully saturated rings. The number of hydrogen-bond donors (Lipinski definition) is 4. The van der Waals surface area contributed by atoms with Crippen molar-refractivity contribution in [3.63, 3.8) is 0 Å². The van der Waals surface area contributed by atoms with Gasteiger partial charge in [0.25, 0.3) is 5.91 Å². The van der Waals surface area contributed by atoms with Gasteiger partial charge >= 0.3 is 6.09 Å². The highest BCUT2D eigenvalue weighted by Gasteiger charge is 2.38. The molecule has 5 N–H and O–H groups in total. The standard InChI is InChI=1S/C40H49F2N9O5/c1-24-36-34(18-39(2,3)19-35(36)52)51(48-24)28-7-10-30(37(43)53)33(17-28)46-26-5-8-29(9-6-26)56-38(54)47-27-12-14-49(15-13-27)20-40(55,21-50-23-44-22-45-50)31-11-4-25(41)16-32(31)42/h4,7,10-11,16-17,22-23,26-27,29,46,55H,5-6,8-9,12-15,18-21H2,1-3H3,(H2,43,53)(H,47,54)/t26?,29?,40-/m0/s1. The molecule has 3 heterocycles. The van der Waals surface area contributed by atoms with Crippen LogP contribution < -0.4 is 16.4 Å². The first kappa shape index (κ1) is 39.0. The van der Waals surface area contributed by atoms with E-state index in [1.54, 1.807) is 12.1 Å². The summed E-state index contributed by atoms with van der Waals surface area (Å²) in [6, 6.07) is 8.34. The predicted molar refractivity (Wildman–Crippen MR) is 202 cm³/mol. The average molecular weight is 774 g/mol. The Balaban J connectivity index is 0.911. The molecule has 0 unspecified atom stereocenters. The lowest BCUT2D eigenvalue weighted by Gasteiger charge is -2.38. The molecule has 1 saturated heterocycles. The number of ether oxygens (including phenoxy) is 1. The molecule has 7 rings (SSSR count). The fraction of sp³-hybridized carbons (Fsp3) is 0.500. The second-order valence-corrected chi connectivity index (χ2v) is 16.3. The molecule has 1 atom stereocenters. The number of primary amides is 1. The summed E-state index contributed by atoms with van der Waals surface area (Å²) in [5, 5.41) is 27.0. The summed E-state index contributed by atoms with van der Waals surface area (Å²) in [7, 11) is 0. The summed E-state index contributed by atoms with van der Waals surface area (Å²) in [6.45, 7) is 7.04. The second kappa shape index (κ2) is 15.7. The van der Waals surface area contributed by atoms with Gasteiger partial charge in [-0.25, -0.2) is 27.9 Å². The lowest BCUT2D eigenvalue weighted by Crippen LogP contribution is -2.50. The second-order valence-electron chi connectivity index (χ2n) is 16.3. The van der Waals surface area contributed by atoms with Crippen molar-refractivity contribution >= 4 is 23.5 Å². The highest BCUT2D eigenvalue weighted by molar-refractivity contribution is 6.00. The van der Waals surface area contributed by atoms with Gasteiger partial charge in [-0.3, -0.25) is 14.5 Å². The molecular formula is C40H49F2N9O5. The SMILES string of the molecule is Cc1nn(-c2ccc(C(N)=O)c(NC3CCC(OC(=O)NC4CCN(C[C@](O)(Cn5cncn5)c5ccc(F)cc5F)CC4)CC3)c2)c2c1C(=O)CC(C)(C)C2. The van der Waals surface area contributed by atoms with E-state index in [2.05, 4.69) is 34.6 Å². The fourth-order valence-corrected chi connectivity index (χ4v) is 8.52. The molecule has 0 radical (unpaired) electrons. The number of amides is 2. The largest absolute Gasteiger partial charge is 0.446 e. The number of ketones is 1. The van der Waals surface area contributed by atoms with E-state index < -0.39 is 29.2 Å². The molecule has 2 aromatic carbocycles. The van der Waals surface area contributed by atoms with Gasteiger partial charge in [-0.2, -0.15) is 10.2 Å². The normalized spacial score (nSPS) is 21.2. The number of likely N-dealkylation sites (tertiary alicyclic amines) is 1. The Labute approximate surface area is 323 Å². The number of hydrogen-bond acceptors (Lipinski definition) is 10. The van der Waals surface area contributed by atoms with Gasteiger partial charge in [0.1, 0.15) is 36.0 Å². The van der Waals surface area contributed by atoms with Gasteiger partial charge in [-0.05, 0) is 81.5 Å². The maximum Gasteiger partial charge on any atom is 0.407 e. The molecule has 1 saturated carbocycles. The first-order valence-electron chi connectivity index (χ1n) is 19.2. The van der Waals surface area contributed by atoms with Gasteiger partial charge in [0, 0.05) is 55.5 Å². The quantitative estimate of drug-likeness (QED) is 0.165. The molecule has 16 heteroatoms. The monoisotopic (exact) mass is 773 g/mol. The van der Waals surface area contributed by atoms with E-state index in [9.17, 15) is 28.3 Å². The minimum absolute atomic E-state index is 0.0101. The van der Waals surface area contributed by atoms with Crippen LogP contribution in [0.25, 0.3) is 5.69 Å². The van der Waals surface area contributed by atoms with Crippen molar-refractivity contribution in [2.24, 2.45) is 11.1 Å². The topological polar surface area (TPSA) is 183 Å². The van der Waals surface area contributed by atoms with Gasteiger partial charge in [0.15, 0.2) is 5.78 Å². The van der Waals surface area contributed by atoms with Gasteiger partial charge in [-0.15, -0.1) is 0 Å². The molecule has 4 aromatic rings. The van der Waals surface area contributed by atoms with Crippen LogP contribution in [0.4, 0.5) is 19.3 Å². The van der Waals surface area contributed by atoms with Gasteiger partial charge in [0.05, 0.1) is 34.7 Å². The number of aryl methyl sites for hydroxylation is 1. The van der Waals surface area contributed by atoms with Gasteiger partial charge in [-0.1, -0.05) is 19.9 Å². The van der Waals surface area contributed by atoms with E-state index in [0.717, 1.165) is 23.5 Å². The number of benzene rings is 2. The Morgan fingerprint density at radius 1 is 1.02 bits per heavy atom. The van der Waals surface area contributed by atoms with Crippen LogP contribution in [-0.4, -0.2) is 90.2 Å². The van der Waals surface area contributed by atoms with Crippen molar-refractivity contribution in [3.05, 3.63) is 88.8 Å². The van der Waals surface area contributed by atoms with Crippen molar-refractivity contribution in [2.45, 2.75) is 102 Å². The zero-order chi connectivity index (χ0) is 39.8. The molecule has 0 spiro atoms. The number of fused-ring (bicyclic) bond motifs is 1. The zero-order valence-electron chi connectivity index (χ0n) is 31.9. The number of β-amino-alcohol motifs (C(OH)–C–C–N with tert-alkyl or cyclic N) is 1. The van der Waals surface area contributed by atoms with Gasteiger partial charge < -0.3 is 26.2 Å². The number of aromatic nitrogens is 5. The third-order valence-corrected chi connectivity index (χ3v) is 11.3. The van der Waals surface area contributed by atoms with E-state index in [4.69, 9.17) is 15.6 Å².